The maximum atomic E-state index is 12.5. The number of aryl methyl sites for hydroxylation is 1. The molecule has 1 aliphatic carbocycles. The van der Waals surface area contributed by atoms with Crippen LogP contribution >= 0.6 is 11.3 Å². The first-order valence-corrected chi connectivity index (χ1v) is 10.6. The molecule has 1 aromatic carbocycles. The number of carbonyl (C=O) groups excluding carboxylic acids is 1. The number of carbonyl (C=O) groups is 1. The summed E-state index contributed by atoms with van der Waals surface area (Å²) in [5, 5.41) is 10.3. The van der Waals surface area contributed by atoms with Crippen LogP contribution in [0.4, 0.5) is 5.82 Å². The van der Waals surface area contributed by atoms with Gasteiger partial charge in [-0.25, -0.2) is 4.98 Å². The number of rotatable bonds is 6. The Bertz CT molecular complexity index is 955. The maximum Gasteiger partial charge on any atom is 0.228 e. The van der Waals surface area contributed by atoms with Gasteiger partial charge in [0.25, 0.3) is 0 Å². The fourth-order valence-electron chi connectivity index (χ4n) is 3.53. The second-order valence-electron chi connectivity index (χ2n) is 7.03. The Morgan fingerprint density at radius 3 is 2.75 bits per heavy atom. The third-order valence-corrected chi connectivity index (χ3v) is 5.76. The number of hydrogen-bond donors (Lipinski definition) is 1. The minimum atomic E-state index is 0.0851. The van der Waals surface area contributed by atoms with E-state index >= 15 is 0 Å². The van der Waals surface area contributed by atoms with Crippen LogP contribution in [-0.2, 0) is 4.79 Å². The van der Waals surface area contributed by atoms with Crippen LogP contribution < -0.4 is 10.1 Å². The summed E-state index contributed by atoms with van der Waals surface area (Å²) in [5.74, 6) is 1.73. The molecule has 146 valence electrons. The van der Waals surface area contributed by atoms with Gasteiger partial charge in [0.15, 0.2) is 0 Å². The molecule has 1 N–H and O–H groups in total. The summed E-state index contributed by atoms with van der Waals surface area (Å²) in [5.41, 5.74) is 2.75. The van der Waals surface area contributed by atoms with Crippen molar-refractivity contribution in [3.05, 3.63) is 41.4 Å². The molecule has 4 rings (SSSR count). The number of benzene rings is 1. The van der Waals surface area contributed by atoms with Crippen molar-refractivity contribution in [2.24, 2.45) is 5.92 Å². The van der Waals surface area contributed by atoms with Crippen LogP contribution in [0.25, 0.3) is 16.4 Å². The minimum absolute atomic E-state index is 0.0851. The van der Waals surface area contributed by atoms with E-state index < -0.39 is 0 Å². The molecule has 0 spiro atoms. The van der Waals surface area contributed by atoms with E-state index in [1.165, 1.54) is 11.3 Å². The van der Waals surface area contributed by atoms with Crippen LogP contribution in [0.5, 0.6) is 5.75 Å². The number of nitrogens with zero attached hydrogens (tertiary/aromatic N) is 3. The molecular formula is C21H24N4O2S. The zero-order chi connectivity index (χ0) is 19.5. The largest absolute Gasteiger partial charge is 0.494 e. The fraction of sp³-hybridized carbons (Fsp3) is 0.381. The molecule has 0 aliphatic heterocycles. The molecule has 7 heteroatoms. The average Bonchev–Trinajstić information content (AvgIpc) is 3.43. The Morgan fingerprint density at radius 1 is 1.29 bits per heavy atom. The molecular weight excluding hydrogens is 372 g/mol. The summed E-state index contributed by atoms with van der Waals surface area (Å²) in [7, 11) is 0. The first kappa shape index (κ1) is 18.7. The Balaban J connectivity index is 1.55. The Morgan fingerprint density at radius 2 is 2.04 bits per heavy atom. The highest BCUT2D eigenvalue weighted by molar-refractivity contribution is 7.12. The molecule has 1 saturated carbocycles. The van der Waals surface area contributed by atoms with E-state index in [1.807, 2.05) is 49.6 Å². The Kier molecular flexibility index (Phi) is 5.43. The molecule has 2 aromatic heterocycles. The van der Waals surface area contributed by atoms with E-state index in [4.69, 9.17) is 9.72 Å². The van der Waals surface area contributed by atoms with Gasteiger partial charge in [-0.3, -0.25) is 4.79 Å². The third kappa shape index (κ3) is 3.94. The highest BCUT2D eigenvalue weighted by Crippen LogP contribution is 2.29. The number of hydrogen-bond acceptors (Lipinski definition) is 5. The predicted molar refractivity (Wildman–Crippen MR) is 111 cm³/mol. The summed E-state index contributed by atoms with van der Waals surface area (Å²) in [6.45, 7) is 4.53. The van der Waals surface area contributed by atoms with Gasteiger partial charge in [0.2, 0.25) is 11.0 Å². The van der Waals surface area contributed by atoms with Crippen LogP contribution in [0.1, 0.15) is 38.3 Å². The van der Waals surface area contributed by atoms with Crippen molar-refractivity contribution in [3.8, 4) is 22.1 Å². The summed E-state index contributed by atoms with van der Waals surface area (Å²) in [6.07, 6.45) is 4.21. The van der Waals surface area contributed by atoms with Gasteiger partial charge < -0.3 is 10.1 Å². The van der Waals surface area contributed by atoms with Crippen molar-refractivity contribution in [1.82, 2.24) is 14.8 Å². The van der Waals surface area contributed by atoms with Gasteiger partial charge in [0, 0.05) is 22.9 Å². The minimum Gasteiger partial charge on any atom is -0.494 e. The lowest BCUT2D eigenvalue weighted by Crippen LogP contribution is -2.22. The standard InChI is InChI=1S/C21H24N4O2S/c1-3-27-17-10-8-15(9-11-17)18-13-28-21(22-18)25-19(12-14(2)24-25)23-20(26)16-6-4-5-7-16/h8-13,16H,3-7H2,1-2H3,(H,23,26). The monoisotopic (exact) mass is 396 g/mol. The lowest BCUT2D eigenvalue weighted by molar-refractivity contribution is -0.119. The molecule has 0 unspecified atom stereocenters. The van der Waals surface area contributed by atoms with E-state index in [1.54, 1.807) is 4.68 Å². The predicted octanol–water partition coefficient (Wildman–Crippen LogP) is 4.83. The normalized spacial score (nSPS) is 14.4. The van der Waals surface area contributed by atoms with Crippen LogP contribution in [0.2, 0.25) is 0 Å². The van der Waals surface area contributed by atoms with E-state index in [9.17, 15) is 4.79 Å². The molecule has 3 aromatic rings. The first-order chi connectivity index (χ1) is 13.6. The van der Waals surface area contributed by atoms with E-state index in [0.29, 0.717) is 12.4 Å². The van der Waals surface area contributed by atoms with Gasteiger partial charge in [0.1, 0.15) is 11.6 Å². The average molecular weight is 397 g/mol. The molecule has 0 saturated heterocycles. The van der Waals surface area contributed by atoms with Gasteiger partial charge >= 0.3 is 0 Å². The smallest absolute Gasteiger partial charge is 0.228 e. The molecule has 0 bridgehead atoms. The SMILES string of the molecule is CCOc1ccc(-c2csc(-n3nc(C)cc3NC(=O)C3CCCC3)n2)cc1. The summed E-state index contributed by atoms with van der Waals surface area (Å²) in [4.78, 5) is 17.3. The Labute approximate surface area is 168 Å². The van der Waals surface area contributed by atoms with E-state index in [2.05, 4.69) is 10.4 Å². The van der Waals surface area contributed by atoms with E-state index in [-0.39, 0.29) is 11.8 Å². The second kappa shape index (κ2) is 8.14. The molecule has 28 heavy (non-hydrogen) atoms. The summed E-state index contributed by atoms with van der Waals surface area (Å²) in [6, 6.07) is 9.79. The van der Waals surface area contributed by atoms with E-state index in [0.717, 1.165) is 53.5 Å². The molecule has 1 amide bonds. The van der Waals surface area contributed by atoms with Gasteiger partial charge in [-0.15, -0.1) is 11.3 Å². The summed E-state index contributed by atoms with van der Waals surface area (Å²) < 4.78 is 7.22. The third-order valence-electron chi connectivity index (χ3n) is 4.94. The van der Waals surface area contributed by atoms with Gasteiger partial charge in [0.05, 0.1) is 18.0 Å². The molecule has 0 radical (unpaired) electrons. The molecule has 1 fully saturated rings. The molecule has 6 nitrogen and oxygen atoms in total. The van der Waals surface area contributed by atoms with Gasteiger partial charge in [-0.1, -0.05) is 12.8 Å². The molecule has 2 heterocycles. The van der Waals surface area contributed by atoms with Crippen molar-refractivity contribution in [1.29, 1.82) is 0 Å². The number of anilines is 1. The van der Waals surface area contributed by atoms with Crippen molar-refractivity contribution in [2.45, 2.75) is 39.5 Å². The maximum absolute atomic E-state index is 12.5. The number of aromatic nitrogens is 3. The number of thiazole rings is 1. The second-order valence-corrected chi connectivity index (χ2v) is 7.86. The van der Waals surface area contributed by atoms with Gasteiger partial charge in [-0.05, 0) is 51.0 Å². The summed E-state index contributed by atoms with van der Waals surface area (Å²) >= 11 is 1.51. The lowest BCUT2D eigenvalue weighted by atomic mass is 10.1. The number of nitrogens with one attached hydrogen (secondary N) is 1. The fourth-order valence-corrected chi connectivity index (χ4v) is 4.33. The van der Waals surface area contributed by atoms with Crippen LogP contribution in [0.15, 0.2) is 35.7 Å². The van der Waals surface area contributed by atoms with Crippen LogP contribution in [0, 0.1) is 12.8 Å². The van der Waals surface area contributed by atoms with Gasteiger partial charge in [-0.2, -0.15) is 9.78 Å². The topological polar surface area (TPSA) is 69.0 Å². The molecule has 0 atom stereocenters. The Hall–Kier alpha value is -2.67. The zero-order valence-corrected chi connectivity index (χ0v) is 17.0. The van der Waals surface area contributed by atoms with Crippen LogP contribution in [0.3, 0.4) is 0 Å². The zero-order valence-electron chi connectivity index (χ0n) is 16.1. The van der Waals surface area contributed by atoms with Crippen LogP contribution in [-0.4, -0.2) is 27.3 Å². The highest BCUT2D eigenvalue weighted by atomic mass is 32.1. The molecule has 1 aliphatic rings. The first-order valence-electron chi connectivity index (χ1n) is 9.70. The lowest BCUT2D eigenvalue weighted by Gasteiger charge is -2.10. The van der Waals surface area contributed by atoms with Crippen molar-refractivity contribution < 1.29 is 9.53 Å². The number of amides is 1. The highest BCUT2D eigenvalue weighted by Gasteiger charge is 2.24. The quantitative estimate of drug-likeness (QED) is 0.648. The van der Waals surface area contributed by atoms with Crippen molar-refractivity contribution >= 4 is 23.1 Å². The van der Waals surface area contributed by atoms with Crippen molar-refractivity contribution in [3.63, 3.8) is 0 Å². The van der Waals surface area contributed by atoms with Crippen molar-refractivity contribution in [2.75, 3.05) is 11.9 Å². The number of ether oxygens (including phenoxy) is 1.